The van der Waals surface area contributed by atoms with Gasteiger partial charge in [0, 0.05) is 31.9 Å². The zero-order valence-electron chi connectivity index (χ0n) is 20.4. The highest BCUT2D eigenvalue weighted by Crippen LogP contribution is 2.40. The number of esters is 1. The van der Waals surface area contributed by atoms with E-state index in [-0.39, 0.29) is 23.9 Å². The van der Waals surface area contributed by atoms with E-state index in [1.54, 1.807) is 17.9 Å². The lowest BCUT2D eigenvalue weighted by atomic mass is 9.86. The summed E-state index contributed by atoms with van der Waals surface area (Å²) in [6, 6.07) is 3.97. The first-order valence-electron chi connectivity index (χ1n) is 12.0. The Morgan fingerprint density at radius 2 is 1.62 bits per heavy atom. The number of ether oxygens (including phenoxy) is 2. The molecule has 9 heteroatoms. The Morgan fingerprint density at radius 1 is 1.00 bits per heavy atom. The van der Waals surface area contributed by atoms with Gasteiger partial charge in [-0.1, -0.05) is 6.07 Å². The molecule has 3 rings (SSSR count). The molecule has 0 aliphatic carbocycles. The number of benzene rings is 1. The van der Waals surface area contributed by atoms with Crippen molar-refractivity contribution in [1.29, 1.82) is 0 Å². The average molecular weight is 485 g/mol. The van der Waals surface area contributed by atoms with Gasteiger partial charge in [-0.05, 0) is 77.0 Å². The van der Waals surface area contributed by atoms with Gasteiger partial charge in [-0.3, -0.25) is 4.79 Å². The number of rotatable bonds is 4. The average Bonchev–Trinajstić information content (AvgIpc) is 2.77. The van der Waals surface area contributed by atoms with Crippen molar-refractivity contribution < 1.29 is 32.2 Å². The zero-order valence-corrected chi connectivity index (χ0v) is 20.4. The lowest BCUT2D eigenvalue weighted by Crippen LogP contribution is -2.42. The number of amides is 1. The van der Waals surface area contributed by atoms with Crippen LogP contribution in [0.4, 0.5) is 23.7 Å². The van der Waals surface area contributed by atoms with Gasteiger partial charge in [0.2, 0.25) is 0 Å². The summed E-state index contributed by atoms with van der Waals surface area (Å²) in [6.45, 7) is 9.50. The third-order valence-electron chi connectivity index (χ3n) is 6.40. The molecule has 0 unspecified atom stereocenters. The Bertz CT molecular complexity index is 866. The first kappa shape index (κ1) is 26.2. The first-order valence-corrected chi connectivity index (χ1v) is 12.0. The SMILES string of the molecule is CCOC(=O)C1CCN(c2cc(C(F)(F)F)ccc2C2CCN(C(=O)OC(C)(C)C)CC2)CC1. The molecule has 34 heavy (non-hydrogen) atoms. The van der Waals surface area contributed by atoms with E-state index in [1.165, 1.54) is 6.07 Å². The molecule has 1 amide bonds. The zero-order chi connectivity index (χ0) is 25.1. The smallest absolute Gasteiger partial charge is 0.416 e. The third-order valence-corrected chi connectivity index (χ3v) is 6.40. The Kier molecular flexibility index (Phi) is 8.03. The molecule has 2 saturated heterocycles. The summed E-state index contributed by atoms with van der Waals surface area (Å²) in [5.74, 6) is -0.415. The van der Waals surface area contributed by atoms with Crippen LogP contribution in [0.5, 0.6) is 0 Å². The molecule has 0 N–H and O–H groups in total. The highest BCUT2D eigenvalue weighted by Gasteiger charge is 2.35. The molecule has 0 aromatic heterocycles. The monoisotopic (exact) mass is 484 g/mol. The molecule has 1 aromatic carbocycles. The fraction of sp³-hybridized carbons (Fsp3) is 0.680. The third kappa shape index (κ3) is 6.57. The standard InChI is InChI=1S/C25H35F3N2O4/c1-5-33-22(31)18-10-12-29(13-11-18)21-16-19(25(26,27)28)6-7-20(21)17-8-14-30(15-9-17)23(32)34-24(2,3)4/h6-7,16-18H,5,8-15H2,1-4H3. The van der Waals surface area contributed by atoms with Crippen LogP contribution >= 0.6 is 0 Å². The molecule has 0 radical (unpaired) electrons. The van der Waals surface area contributed by atoms with E-state index in [2.05, 4.69) is 0 Å². The van der Waals surface area contributed by atoms with E-state index in [4.69, 9.17) is 9.47 Å². The molecule has 2 fully saturated rings. The predicted octanol–water partition coefficient (Wildman–Crippen LogP) is 5.60. The summed E-state index contributed by atoms with van der Waals surface area (Å²) in [6.07, 6.45) is -2.40. The molecule has 0 spiro atoms. The number of nitrogens with zero attached hydrogens (tertiary/aromatic N) is 2. The maximum Gasteiger partial charge on any atom is 0.416 e. The van der Waals surface area contributed by atoms with Gasteiger partial charge in [0.25, 0.3) is 0 Å². The van der Waals surface area contributed by atoms with E-state index in [0.717, 1.165) is 11.6 Å². The summed E-state index contributed by atoms with van der Waals surface area (Å²) < 4.78 is 51.1. The molecule has 6 nitrogen and oxygen atoms in total. The number of halogens is 3. The molecule has 0 saturated carbocycles. The number of hydrogen-bond donors (Lipinski definition) is 0. The fourth-order valence-corrected chi connectivity index (χ4v) is 4.65. The van der Waals surface area contributed by atoms with Crippen molar-refractivity contribution >= 4 is 17.7 Å². The number of hydrogen-bond acceptors (Lipinski definition) is 5. The molecule has 0 bridgehead atoms. The van der Waals surface area contributed by atoms with Crippen LogP contribution in [-0.2, 0) is 20.4 Å². The number of likely N-dealkylation sites (tertiary alicyclic amines) is 1. The summed E-state index contributed by atoms with van der Waals surface area (Å²) >= 11 is 0. The van der Waals surface area contributed by atoms with Gasteiger partial charge in [0.15, 0.2) is 0 Å². The summed E-state index contributed by atoms with van der Waals surface area (Å²) in [4.78, 5) is 28.1. The summed E-state index contributed by atoms with van der Waals surface area (Å²) in [7, 11) is 0. The number of carbonyl (C=O) groups is 2. The molecular weight excluding hydrogens is 449 g/mol. The molecule has 190 valence electrons. The van der Waals surface area contributed by atoms with Crippen LogP contribution in [0.2, 0.25) is 0 Å². The first-order chi connectivity index (χ1) is 15.9. The van der Waals surface area contributed by atoms with Crippen molar-refractivity contribution in [2.24, 2.45) is 5.92 Å². The number of alkyl halides is 3. The maximum absolute atomic E-state index is 13.5. The van der Waals surface area contributed by atoms with Crippen molar-refractivity contribution in [2.75, 3.05) is 37.7 Å². The minimum absolute atomic E-state index is 0.0405. The lowest BCUT2D eigenvalue weighted by molar-refractivity contribution is -0.148. The highest BCUT2D eigenvalue weighted by molar-refractivity contribution is 5.73. The van der Waals surface area contributed by atoms with Crippen molar-refractivity contribution in [3.8, 4) is 0 Å². The van der Waals surface area contributed by atoms with Crippen molar-refractivity contribution in [3.05, 3.63) is 29.3 Å². The maximum atomic E-state index is 13.5. The van der Waals surface area contributed by atoms with Gasteiger partial charge in [-0.2, -0.15) is 13.2 Å². The molecular formula is C25H35F3N2O4. The van der Waals surface area contributed by atoms with Gasteiger partial charge in [0.05, 0.1) is 18.1 Å². The number of anilines is 1. The predicted molar refractivity (Wildman–Crippen MR) is 123 cm³/mol. The van der Waals surface area contributed by atoms with Crippen molar-refractivity contribution in [3.63, 3.8) is 0 Å². The van der Waals surface area contributed by atoms with Crippen LogP contribution in [0.15, 0.2) is 18.2 Å². The van der Waals surface area contributed by atoms with Gasteiger partial charge in [0.1, 0.15) is 5.60 Å². The Hall–Kier alpha value is -2.45. The van der Waals surface area contributed by atoms with Crippen LogP contribution in [0.1, 0.15) is 70.4 Å². The van der Waals surface area contributed by atoms with E-state index < -0.39 is 17.3 Å². The molecule has 2 heterocycles. The second kappa shape index (κ2) is 10.4. The van der Waals surface area contributed by atoms with Crippen LogP contribution in [0.3, 0.4) is 0 Å². The Labute approximate surface area is 199 Å². The topological polar surface area (TPSA) is 59.1 Å². The molecule has 0 atom stereocenters. The lowest BCUT2D eigenvalue weighted by Gasteiger charge is -2.38. The second-order valence-corrected chi connectivity index (χ2v) is 10.0. The summed E-state index contributed by atoms with van der Waals surface area (Å²) in [5.41, 5.74) is 0.189. The van der Waals surface area contributed by atoms with Crippen LogP contribution in [-0.4, -0.2) is 55.3 Å². The van der Waals surface area contributed by atoms with Crippen LogP contribution in [0.25, 0.3) is 0 Å². The van der Waals surface area contributed by atoms with Crippen molar-refractivity contribution in [1.82, 2.24) is 4.90 Å². The van der Waals surface area contributed by atoms with Gasteiger partial charge >= 0.3 is 18.2 Å². The Morgan fingerprint density at radius 3 is 2.15 bits per heavy atom. The molecule has 2 aliphatic rings. The summed E-state index contributed by atoms with van der Waals surface area (Å²) in [5, 5.41) is 0. The van der Waals surface area contributed by atoms with Gasteiger partial charge < -0.3 is 19.3 Å². The van der Waals surface area contributed by atoms with E-state index >= 15 is 0 Å². The number of piperidine rings is 2. The van der Waals surface area contributed by atoms with Crippen LogP contribution < -0.4 is 4.90 Å². The second-order valence-electron chi connectivity index (χ2n) is 10.0. The highest BCUT2D eigenvalue weighted by atomic mass is 19.4. The molecule has 1 aromatic rings. The largest absolute Gasteiger partial charge is 0.466 e. The van der Waals surface area contributed by atoms with E-state index in [9.17, 15) is 22.8 Å². The normalized spacial score (nSPS) is 18.7. The minimum Gasteiger partial charge on any atom is -0.466 e. The quantitative estimate of drug-likeness (QED) is 0.521. The minimum atomic E-state index is -4.43. The van der Waals surface area contributed by atoms with Gasteiger partial charge in [-0.15, -0.1) is 0 Å². The van der Waals surface area contributed by atoms with Gasteiger partial charge in [-0.25, -0.2) is 4.79 Å². The molecule has 2 aliphatic heterocycles. The number of carbonyl (C=O) groups excluding carboxylic acids is 2. The fourth-order valence-electron chi connectivity index (χ4n) is 4.65. The Balaban J connectivity index is 1.76. The van der Waals surface area contributed by atoms with E-state index in [0.29, 0.717) is 64.2 Å². The van der Waals surface area contributed by atoms with Crippen LogP contribution in [0, 0.1) is 5.92 Å². The van der Waals surface area contributed by atoms with E-state index in [1.807, 2.05) is 25.7 Å². The van der Waals surface area contributed by atoms with Crippen molar-refractivity contribution in [2.45, 2.75) is 71.1 Å².